The Morgan fingerprint density at radius 1 is 1.26 bits per heavy atom. The zero-order valence-corrected chi connectivity index (χ0v) is 13.3. The zero-order valence-electron chi connectivity index (χ0n) is 12.6. The van der Waals surface area contributed by atoms with E-state index in [-0.39, 0.29) is 6.04 Å². The second-order valence-corrected chi connectivity index (χ2v) is 6.39. The van der Waals surface area contributed by atoms with Gasteiger partial charge in [-0.25, -0.2) is 0 Å². The number of halogens is 1. The summed E-state index contributed by atoms with van der Waals surface area (Å²) >= 11 is 6.34. The van der Waals surface area contributed by atoms with E-state index in [1.807, 2.05) is 30.3 Å². The highest BCUT2D eigenvalue weighted by Crippen LogP contribution is 2.31. The number of aromatic nitrogens is 2. The summed E-state index contributed by atoms with van der Waals surface area (Å²) in [7, 11) is 0. The Morgan fingerprint density at radius 3 is 2.91 bits per heavy atom. The molecule has 6 heteroatoms. The number of nitrogens with zero attached hydrogens (tertiary/aromatic N) is 3. The average molecular weight is 329 g/mol. The second kappa shape index (κ2) is 5.92. The fourth-order valence-electron chi connectivity index (χ4n) is 3.00. The van der Waals surface area contributed by atoms with Crippen molar-refractivity contribution in [1.29, 1.82) is 0 Å². The SMILES string of the molecule is NC1CCN(Cc2ccc(-c3cc4ccoc4cc3Cl)nn2)C1. The first kappa shape index (κ1) is 14.6. The van der Waals surface area contributed by atoms with Crippen molar-refractivity contribution in [3.05, 3.63) is 47.3 Å². The van der Waals surface area contributed by atoms with Crippen LogP contribution in [0.3, 0.4) is 0 Å². The molecule has 23 heavy (non-hydrogen) atoms. The first-order valence-corrected chi connectivity index (χ1v) is 8.04. The van der Waals surface area contributed by atoms with Gasteiger partial charge in [0.1, 0.15) is 5.58 Å². The minimum atomic E-state index is 0.280. The van der Waals surface area contributed by atoms with Crippen LogP contribution in [0.5, 0.6) is 0 Å². The molecule has 2 N–H and O–H groups in total. The van der Waals surface area contributed by atoms with Crippen molar-refractivity contribution < 1.29 is 4.42 Å². The van der Waals surface area contributed by atoms with Crippen LogP contribution in [-0.2, 0) is 6.54 Å². The van der Waals surface area contributed by atoms with Crippen LogP contribution >= 0.6 is 11.6 Å². The van der Waals surface area contributed by atoms with E-state index in [1.54, 1.807) is 6.26 Å². The number of fused-ring (bicyclic) bond motifs is 1. The number of likely N-dealkylation sites (tertiary alicyclic amines) is 1. The van der Waals surface area contributed by atoms with Crippen LogP contribution in [0, 0.1) is 0 Å². The van der Waals surface area contributed by atoms with E-state index in [4.69, 9.17) is 21.8 Å². The average Bonchev–Trinajstić information content (AvgIpc) is 3.16. The summed E-state index contributed by atoms with van der Waals surface area (Å²) in [6.07, 6.45) is 2.70. The molecular weight excluding hydrogens is 312 g/mol. The number of hydrogen-bond donors (Lipinski definition) is 1. The predicted octanol–water partition coefficient (Wildman–Crippen LogP) is 3.08. The maximum Gasteiger partial charge on any atom is 0.135 e. The third-order valence-corrected chi connectivity index (χ3v) is 4.54. The number of hydrogen-bond acceptors (Lipinski definition) is 5. The van der Waals surface area contributed by atoms with E-state index >= 15 is 0 Å². The molecule has 1 aromatic carbocycles. The lowest BCUT2D eigenvalue weighted by molar-refractivity contribution is 0.321. The molecule has 3 heterocycles. The van der Waals surface area contributed by atoms with Crippen molar-refractivity contribution in [2.45, 2.75) is 19.0 Å². The lowest BCUT2D eigenvalue weighted by atomic mass is 10.1. The molecule has 1 aliphatic heterocycles. The molecule has 118 valence electrons. The van der Waals surface area contributed by atoms with Gasteiger partial charge < -0.3 is 10.2 Å². The highest BCUT2D eigenvalue weighted by Gasteiger charge is 2.19. The van der Waals surface area contributed by atoms with Gasteiger partial charge in [-0.05, 0) is 30.7 Å². The van der Waals surface area contributed by atoms with E-state index in [9.17, 15) is 0 Å². The van der Waals surface area contributed by atoms with Gasteiger partial charge in [-0.2, -0.15) is 10.2 Å². The van der Waals surface area contributed by atoms with Gasteiger partial charge in [-0.1, -0.05) is 11.6 Å². The summed E-state index contributed by atoms with van der Waals surface area (Å²) in [6, 6.07) is 9.95. The molecule has 0 spiro atoms. The Hall–Kier alpha value is -1.95. The monoisotopic (exact) mass is 328 g/mol. The molecule has 3 aromatic rings. The first-order chi connectivity index (χ1) is 11.2. The molecular formula is C17H17ClN4O. The van der Waals surface area contributed by atoms with E-state index in [2.05, 4.69) is 15.1 Å². The number of furan rings is 1. The minimum absolute atomic E-state index is 0.280. The molecule has 0 radical (unpaired) electrons. The summed E-state index contributed by atoms with van der Waals surface area (Å²) in [6.45, 7) is 2.73. The van der Waals surface area contributed by atoms with E-state index in [0.29, 0.717) is 5.02 Å². The third kappa shape index (κ3) is 2.95. The molecule has 1 saturated heterocycles. The van der Waals surface area contributed by atoms with E-state index < -0.39 is 0 Å². The largest absolute Gasteiger partial charge is 0.464 e. The minimum Gasteiger partial charge on any atom is -0.464 e. The summed E-state index contributed by atoms with van der Waals surface area (Å²) in [5.41, 5.74) is 9.28. The van der Waals surface area contributed by atoms with Crippen LogP contribution in [-0.4, -0.2) is 34.2 Å². The Kier molecular flexibility index (Phi) is 3.77. The molecule has 2 aromatic heterocycles. The van der Waals surface area contributed by atoms with Gasteiger partial charge in [0.25, 0.3) is 0 Å². The molecule has 0 saturated carbocycles. The Labute approximate surface area is 139 Å². The Bertz CT molecular complexity index is 830. The van der Waals surface area contributed by atoms with Gasteiger partial charge in [-0.3, -0.25) is 4.90 Å². The fourth-order valence-corrected chi connectivity index (χ4v) is 3.25. The van der Waals surface area contributed by atoms with Crippen molar-refractivity contribution in [1.82, 2.24) is 15.1 Å². The summed E-state index contributed by atoms with van der Waals surface area (Å²) in [5.74, 6) is 0. The van der Waals surface area contributed by atoms with Crippen LogP contribution in [0.1, 0.15) is 12.1 Å². The molecule has 4 rings (SSSR count). The van der Waals surface area contributed by atoms with Crippen LogP contribution in [0.15, 0.2) is 41.0 Å². The zero-order chi connectivity index (χ0) is 15.8. The number of benzene rings is 1. The molecule has 5 nitrogen and oxygen atoms in total. The van der Waals surface area contributed by atoms with Crippen molar-refractivity contribution in [3.63, 3.8) is 0 Å². The molecule has 0 amide bonds. The second-order valence-electron chi connectivity index (χ2n) is 5.98. The molecule has 1 aliphatic rings. The summed E-state index contributed by atoms with van der Waals surface area (Å²) in [5, 5.41) is 10.3. The van der Waals surface area contributed by atoms with Crippen LogP contribution in [0.4, 0.5) is 0 Å². The molecule has 1 unspecified atom stereocenters. The van der Waals surface area contributed by atoms with Gasteiger partial charge in [-0.15, -0.1) is 0 Å². The lowest BCUT2D eigenvalue weighted by Gasteiger charge is -2.14. The topological polar surface area (TPSA) is 68.2 Å². The first-order valence-electron chi connectivity index (χ1n) is 7.67. The standard InChI is InChI=1S/C17H17ClN4O/c18-15-8-17-11(4-6-23-17)7-14(15)16-2-1-13(20-21-16)10-22-5-3-12(19)9-22/h1-2,4,6-8,12H,3,5,9-10,19H2. The van der Waals surface area contributed by atoms with E-state index in [1.165, 1.54) is 0 Å². The predicted molar refractivity (Wildman–Crippen MR) is 90.1 cm³/mol. The van der Waals surface area contributed by atoms with Crippen LogP contribution in [0.25, 0.3) is 22.2 Å². The van der Waals surface area contributed by atoms with Crippen LogP contribution < -0.4 is 5.73 Å². The maximum atomic E-state index is 6.34. The van der Waals surface area contributed by atoms with Crippen molar-refractivity contribution in [3.8, 4) is 11.3 Å². The highest BCUT2D eigenvalue weighted by molar-refractivity contribution is 6.34. The molecule has 1 fully saturated rings. The third-order valence-electron chi connectivity index (χ3n) is 4.23. The van der Waals surface area contributed by atoms with E-state index in [0.717, 1.165) is 54.0 Å². The number of rotatable bonds is 3. The summed E-state index contributed by atoms with van der Waals surface area (Å²) in [4.78, 5) is 2.30. The van der Waals surface area contributed by atoms with Gasteiger partial charge in [0.15, 0.2) is 0 Å². The highest BCUT2D eigenvalue weighted by atomic mass is 35.5. The van der Waals surface area contributed by atoms with Crippen molar-refractivity contribution in [2.75, 3.05) is 13.1 Å². The van der Waals surface area contributed by atoms with Gasteiger partial charge in [0, 0.05) is 42.7 Å². The lowest BCUT2D eigenvalue weighted by Crippen LogP contribution is -2.26. The Balaban J connectivity index is 1.58. The quantitative estimate of drug-likeness (QED) is 0.800. The fraction of sp³-hybridized carbons (Fsp3) is 0.294. The maximum absolute atomic E-state index is 6.34. The van der Waals surface area contributed by atoms with Crippen molar-refractivity contribution >= 4 is 22.6 Å². The van der Waals surface area contributed by atoms with Gasteiger partial charge >= 0.3 is 0 Å². The smallest absolute Gasteiger partial charge is 0.135 e. The Morgan fingerprint density at radius 2 is 2.17 bits per heavy atom. The number of nitrogens with two attached hydrogens (primary N) is 1. The summed E-state index contributed by atoms with van der Waals surface area (Å²) < 4.78 is 5.36. The van der Waals surface area contributed by atoms with Crippen molar-refractivity contribution in [2.24, 2.45) is 5.73 Å². The molecule has 0 aliphatic carbocycles. The molecule has 0 bridgehead atoms. The van der Waals surface area contributed by atoms with Crippen LogP contribution in [0.2, 0.25) is 5.02 Å². The molecule has 1 atom stereocenters. The van der Waals surface area contributed by atoms with Gasteiger partial charge in [0.05, 0.1) is 22.7 Å². The normalized spacial score (nSPS) is 18.8. The van der Waals surface area contributed by atoms with Gasteiger partial charge in [0.2, 0.25) is 0 Å².